The third-order valence-corrected chi connectivity index (χ3v) is 6.61. The second-order valence-corrected chi connectivity index (χ2v) is 9.01. The minimum atomic E-state index is -4.20. The molecule has 0 radical (unpaired) electrons. The van der Waals surface area contributed by atoms with E-state index in [2.05, 4.69) is 15.2 Å². The highest BCUT2D eigenvalue weighted by atomic mass is 32.2. The molecule has 2 aromatic carbocycles. The number of aromatic nitrogens is 4. The summed E-state index contributed by atoms with van der Waals surface area (Å²) in [5.41, 5.74) is 1.49. The summed E-state index contributed by atoms with van der Waals surface area (Å²) in [4.78, 5) is 16.5. The van der Waals surface area contributed by atoms with E-state index in [1.54, 1.807) is 0 Å². The molecule has 2 N–H and O–H groups in total. The van der Waals surface area contributed by atoms with Crippen molar-refractivity contribution in [3.05, 3.63) is 108 Å². The van der Waals surface area contributed by atoms with Crippen molar-refractivity contribution in [3.8, 4) is 0 Å². The molecule has 0 unspecified atom stereocenters. The Morgan fingerprint density at radius 3 is 2.42 bits per heavy atom. The summed E-state index contributed by atoms with van der Waals surface area (Å²) < 4.78 is 40.7. The first-order valence-electron chi connectivity index (χ1n) is 9.92. The van der Waals surface area contributed by atoms with Crippen LogP contribution < -0.4 is 0 Å². The van der Waals surface area contributed by atoms with E-state index in [4.69, 9.17) is 0 Å². The molecule has 0 aliphatic carbocycles. The highest BCUT2D eigenvalue weighted by molar-refractivity contribution is 7.90. The van der Waals surface area contributed by atoms with Crippen molar-refractivity contribution in [2.24, 2.45) is 0 Å². The maximum atomic E-state index is 13.3. The molecule has 0 atom stereocenters. The van der Waals surface area contributed by atoms with Gasteiger partial charge in [0.1, 0.15) is 17.8 Å². The fourth-order valence-electron chi connectivity index (χ4n) is 3.26. The van der Waals surface area contributed by atoms with Crippen molar-refractivity contribution in [1.29, 1.82) is 0 Å². The number of carbonyl (C=O) groups is 1. The van der Waals surface area contributed by atoms with Crippen LogP contribution in [0.3, 0.4) is 0 Å². The van der Waals surface area contributed by atoms with Gasteiger partial charge in [-0.2, -0.15) is 5.10 Å². The topological polar surface area (TPSA) is 118 Å². The average molecular weight is 466 g/mol. The maximum Gasteiger partial charge on any atom is 0.268 e. The summed E-state index contributed by atoms with van der Waals surface area (Å²) in [6, 6.07) is 15.4. The van der Waals surface area contributed by atoms with Gasteiger partial charge in [0.05, 0.1) is 4.90 Å². The van der Waals surface area contributed by atoms with Gasteiger partial charge in [-0.05, 0) is 54.3 Å². The van der Waals surface area contributed by atoms with E-state index < -0.39 is 27.4 Å². The first kappa shape index (κ1) is 22.2. The van der Waals surface area contributed by atoms with Crippen LogP contribution in [-0.2, 0) is 22.9 Å². The van der Waals surface area contributed by atoms with Gasteiger partial charge in [-0.1, -0.05) is 30.3 Å². The average Bonchev–Trinajstić information content (AvgIpc) is 3.49. The Hall–Kier alpha value is -4.05. The van der Waals surface area contributed by atoms with Crippen LogP contribution in [0.1, 0.15) is 27.4 Å². The molecule has 4 rings (SSSR count). The van der Waals surface area contributed by atoms with Gasteiger partial charge >= 0.3 is 0 Å². The molecule has 0 amide bonds. The lowest BCUT2D eigenvalue weighted by atomic mass is 10.1. The Balaban J connectivity index is 1.73. The largest absolute Gasteiger partial charge is 0.504 e. The van der Waals surface area contributed by atoms with Gasteiger partial charge in [0, 0.05) is 12.3 Å². The first-order chi connectivity index (χ1) is 15.8. The number of aliphatic hydroxyl groups is 1. The predicted molar refractivity (Wildman–Crippen MR) is 119 cm³/mol. The molecular formula is C23H19FN4O4S. The van der Waals surface area contributed by atoms with Crippen molar-refractivity contribution in [1.82, 2.24) is 19.2 Å². The summed E-state index contributed by atoms with van der Waals surface area (Å²) >= 11 is 0. The van der Waals surface area contributed by atoms with Crippen LogP contribution in [-0.4, -0.2) is 38.5 Å². The van der Waals surface area contributed by atoms with Gasteiger partial charge < -0.3 is 5.11 Å². The van der Waals surface area contributed by atoms with Gasteiger partial charge in [-0.25, -0.2) is 21.8 Å². The Labute approximate surface area is 189 Å². The van der Waals surface area contributed by atoms with Crippen molar-refractivity contribution < 1.29 is 22.7 Å². The van der Waals surface area contributed by atoms with Crippen LogP contribution in [0.15, 0.2) is 84.2 Å². The summed E-state index contributed by atoms with van der Waals surface area (Å²) in [6.45, 7) is 0. The number of nitrogens with one attached hydrogen (secondary N) is 1. The lowest BCUT2D eigenvalue weighted by Gasteiger charge is -2.09. The van der Waals surface area contributed by atoms with Gasteiger partial charge in [0.25, 0.3) is 10.0 Å². The highest BCUT2D eigenvalue weighted by Crippen LogP contribution is 2.22. The molecular weight excluding hydrogens is 447 g/mol. The van der Waals surface area contributed by atoms with E-state index in [1.165, 1.54) is 18.6 Å². The van der Waals surface area contributed by atoms with Gasteiger partial charge in [0.15, 0.2) is 5.76 Å². The van der Waals surface area contributed by atoms with Crippen LogP contribution in [0.25, 0.3) is 5.76 Å². The van der Waals surface area contributed by atoms with Gasteiger partial charge in [-0.3, -0.25) is 9.89 Å². The highest BCUT2D eigenvalue weighted by Gasteiger charge is 2.24. The van der Waals surface area contributed by atoms with Crippen molar-refractivity contribution in [3.63, 3.8) is 0 Å². The number of benzene rings is 2. The van der Waals surface area contributed by atoms with Crippen LogP contribution >= 0.6 is 0 Å². The lowest BCUT2D eigenvalue weighted by molar-refractivity contribution is 0.104. The predicted octanol–water partition coefficient (Wildman–Crippen LogP) is 3.55. The third kappa shape index (κ3) is 4.90. The number of hydrogen-bond donors (Lipinski definition) is 2. The zero-order valence-corrected chi connectivity index (χ0v) is 18.0. The summed E-state index contributed by atoms with van der Waals surface area (Å²) in [5, 5.41) is 16.2. The number of aliphatic hydroxyl groups excluding tert-OH is 1. The molecule has 2 aromatic heterocycles. The number of aromatic amines is 1. The minimum Gasteiger partial charge on any atom is -0.504 e. The maximum absolute atomic E-state index is 13.3. The SMILES string of the molecule is O=C(C=C(O)c1nc[nH]n1)c1cc(CCc2ccccc2)cn1S(=O)(=O)c1ccc(F)cc1. The van der Waals surface area contributed by atoms with Crippen LogP contribution in [0.5, 0.6) is 0 Å². The number of aryl methyl sites for hydroxylation is 2. The number of ketones is 1. The molecule has 0 aliphatic rings. The molecule has 4 aromatic rings. The fourth-order valence-corrected chi connectivity index (χ4v) is 4.64. The Morgan fingerprint density at radius 2 is 1.76 bits per heavy atom. The smallest absolute Gasteiger partial charge is 0.268 e. The van der Waals surface area contributed by atoms with E-state index in [0.717, 1.165) is 39.9 Å². The number of allylic oxidation sites excluding steroid dienone is 1. The first-order valence-corrected chi connectivity index (χ1v) is 11.4. The van der Waals surface area contributed by atoms with E-state index in [9.17, 15) is 22.7 Å². The number of hydrogen-bond acceptors (Lipinski definition) is 6. The molecule has 0 saturated heterocycles. The number of rotatable bonds is 8. The Kier molecular flexibility index (Phi) is 6.18. The standard InChI is InChI=1S/C23H19FN4O4S/c24-18-8-10-19(11-9-18)33(31,32)28-14-17(7-6-16-4-2-1-3-5-16)12-20(28)21(29)13-22(30)23-25-15-26-27-23/h1-5,8-15,30H,6-7H2,(H,25,26,27). The van der Waals surface area contributed by atoms with E-state index in [1.807, 2.05) is 30.3 Å². The summed E-state index contributed by atoms with van der Waals surface area (Å²) in [6.07, 6.45) is 4.57. The van der Waals surface area contributed by atoms with Gasteiger partial charge in [-0.15, -0.1) is 0 Å². The number of halogens is 1. The van der Waals surface area contributed by atoms with Crippen LogP contribution in [0.4, 0.5) is 4.39 Å². The molecule has 0 spiro atoms. The third-order valence-electron chi connectivity index (χ3n) is 4.92. The number of nitrogens with zero attached hydrogens (tertiary/aromatic N) is 3. The normalized spacial score (nSPS) is 12.1. The Morgan fingerprint density at radius 1 is 1.06 bits per heavy atom. The Bertz CT molecular complexity index is 1390. The van der Waals surface area contributed by atoms with E-state index in [0.29, 0.717) is 18.4 Å². The van der Waals surface area contributed by atoms with Crippen molar-refractivity contribution in [2.75, 3.05) is 0 Å². The quantitative estimate of drug-likeness (QED) is 0.233. The molecule has 33 heavy (non-hydrogen) atoms. The molecule has 8 nitrogen and oxygen atoms in total. The van der Waals surface area contributed by atoms with E-state index >= 15 is 0 Å². The molecule has 0 bridgehead atoms. The van der Waals surface area contributed by atoms with Crippen LogP contribution in [0.2, 0.25) is 0 Å². The molecule has 0 aliphatic heterocycles. The zero-order chi connectivity index (χ0) is 23.4. The molecule has 10 heteroatoms. The summed E-state index contributed by atoms with van der Waals surface area (Å²) in [7, 11) is -4.20. The molecule has 0 saturated carbocycles. The monoisotopic (exact) mass is 466 g/mol. The fraction of sp³-hybridized carbons (Fsp3) is 0.0870. The van der Waals surface area contributed by atoms with Crippen molar-refractivity contribution >= 4 is 21.6 Å². The summed E-state index contributed by atoms with van der Waals surface area (Å²) in [5.74, 6) is -1.96. The molecule has 168 valence electrons. The second kappa shape index (κ2) is 9.21. The second-order valence-electron chi connectivity index (χ2n) is 7.19. The molecule has 2 heterocycles. The lowest BCUT2D eigenvalue weighted by Crippen LogP contribution is -2.17. The zero-order valence-electron chi connectivity index (χ0n) is 17.2. The van der Waals surface area contributed by atoms with Crippen molar-refractivity contribution in [2.45, 2.75) is 17.7 Å². The van der Waals surface area contributed by atoms with Crippen LogP contribution in [0, 0.1) is 5.82 Å². The molecule has 0 fully saturated rings. The number of H-pyrrole nitrogens is 1. The minimum absolute atomic E-state index is 0.104. The van der Waals surface area contributed by atoms with E-state index in [-0.39, 0.29) is 16.4 Å². The van der Waals surface area contributed by atoms with Gasteiger partial charge in [0.2, 0.25) is 11.6 Å². The number of carbonyl (C=O) groups excluding carboxylic acids is 1.